The van der Waals surface area contributed by atoms with Crippen LogP contribution in [0, 0.1) is 35.5 Å². The Balaban J connectivity index is 1.41. The van der Waals surface area contributed by atoms with Gasteiger partial charge in [0.15, 0.2) is 0 Å². The number of hydrogen-bond donors (Lipinski definition) is 0. The van der Waals surface area contributed by atoms with E-state index in [1.54, 1.807) is 0 Å². The average molecular weight is 611 g/mol. The van der Waals surface area contributed by atoms with Crippen LogP contribution in [-0.4, -0.2) is 24.1 Å². The van der Waals surface area contributed by atoms with Gasteiger partial charge in [0.1, 0.15) is 23.5 Å². The van der Waals surface area contributed by atoms with Crippen molar-refractivity contribution in [3.8, 4) is 0 Å². The molecule has 2 aromatic rings. The minimum Gasteiger partial charge on any atom is -0.461 e. The third-order valence-electron chi connectivity index (χ3n) is 12.3. The highest BCUT2D eigenvalue weighted by Crippen LogP contribution is 2.59. The Morgan fingerprint density at radius 1 is 0.778 bits per heavy atom. The molecule has 45 heavy (non-hydrogen) atoms. The Hall–Kier alpha value is -2.88. The van der Waals surface area contributed by atoms with Crippen molar-refractivity contribution in [3.05, 3.63) is 82.9 Å². The average Bonchev–Trinajstić information content (AvgIpc) is 3.28. The summed E-state index contributed by atoms with van der Waals surface area (Å²) in [5.41, 5.74) is 2.51. The molecule has 0 heterocycles. The van der Waals surface area contributed by atoms with E-state index in [9.17, 15) is 4.79 Å². The molecule has 0 radical (unpaired) electrons. The Bertz CT molecular complexity index is 1420. The van der Waals surface area contributed by atoms with Crippen molar-refractivity contribution in [2.24, 2.45) is 35.5 Å². The molecule has 0 spiro atoms. The van der Waals surface area contributed by atoms with Crippen molar-refractivity contribution in [1.29, 1.82) is 0 Å². The van der Waals surface area contributed by atoms with Crippen LogP contribution in [0.25, 0.3) is 0 Å². The Morgan fingerprint density at radius 3 is 1.98 bits per heavy atom. The van der Waals surface area contributed by atoms with E-state index >= 15 is 4.79 Å². The van der Waals surface area contributed by atoms with Crippen molar-refractivity contribution in [2.75, 3.05) is 0 Å². The summed E-state index contributed by atoms with van der Waals surface area (Å²) in [6.45, 7) is 15.8. The van der Waals surface area contributed by atoms with Crippen molar-refractivity contribution in [2.45, 2.75) is 122 Å². The lowest BCUT2D eigenvalue weighted by Gasteiger charge is -2.46. The standard InChI is InChI=1S/C41H54O4/c1-25(2)31-18-16-27(5)22-35(31)44-38(42)34-20-21-41(39(43)45-36-23-28(6)17-19-32(36)26(3)4)37-29(12-11-15-33(34)37)24-40(41,7)30-13-9-8-10-14-30/h8-15,20-21,25-28,31-32,34-36H,16-19,22-24H2,1-7H3/t27-,28-,31+,32+,34-,35-,36-,40-,41+/m1/s1. The molecule has 2 fully saturated rings. The van der Waals surface area contributed by atoms with E-state index in [0.717, 1.165) is 47.9 Å². The molecule has 0 saturated heterocycles. The molecule has 2 saturated carbocycles. The van der Waals surface area contributed by atoms with Gasteiger partial charge in [-0.3, -0.25) is 9.59 Å². The summed E-state index contributed by atoms with van der Waals surface area (Å²) in [4.78, 5) is 29.2. The summed E-state index contributed by atoms with van der Waals surface area (Å²) < 4.78 is 13.2. The first kappa shape index (κ1) is 32.1. The van der Waals surface area contributed by atoms with E-state index in [1.165, 1.54) is 12.8 Å². The maximum atomic E-state index is 15.0. The van der Waals surface area contributed by atoms with E-state index in [4.69, 9.17) is 9.47 Å². The van der Waals surface area contributed by atoms with Gasteiger partial charge in [-0.2, -0.15) is 0 Å². The Morgan fingerprint density at radius 2 is 1.38 bits per heavy atom. The first-order valence-corrected chi connectivity index (χ1v) is 17.7. The molecule has 0 aromatic heterocycles. The molecule has 4 nitrogen and oxygen atoms in total. The van der Waals surface area contributed by atoms with Crippen molar-refractivity contribution >= 4 is 11.9 Å². The molecule has 4 aliphatic carbocycles. The SMILES string of the molecule is CC(C)[C@@H]1CC[C@@H](C)C[C@H]1OC(=O)[C@@H]1C=C[C@@]2(C(=O)O[C@@H]3C[C@H](C)CC[C@H]3C(C)C)c3c(cccc31)C[C@]2(C)c1ccccc1. The summed E-state index contributed by atoms with van der Waals surface area (Å²) in [5.74, 6) is 1.80. The van der Waals surface area contributed by atoms with E-state index in [-0.39, 0.29) is 24.1 Å². The first-order chi connectivity index (χ1) is 21.5. The molecular weight excluding hydrogens is 556 g/mol. The molecule has 9 atom stereocenters. The van der Waals surface area contributed by atoms with E-state index in [0.29, 0.717) is 41.9 Å². The molecular formula is C41H54O4. The lowest BCUT2D eigenvalue weighted by molar-refractivity contribution is -0.164. The van der Waals surface area contributed by atoms with Gasteiger partial charge in [0, 0.05) is 5.41 Å². The number of carbonyl (C=O) groups is 2. The van der Waals surface area contributed by atoms with E-state index < -0.39 is 16.7 Å². The van der Waals surface area contributed by atoms with Gasteiger partial charge >= 0.3 is 11.9 Å². The lowest BCUT2D eigenvalue weighted by Crippen LogP contribution is -2.53. The maximum absolute atomic E-state index is 15.0. The fraction of sp³-hybridized carbons (Fsp3) is 0.610. The molecule has 4 aliphatic rings. The molecule has 0 aliphatic heterocycles. The van der Waals surface area contributed by atoms with Crippen LogP contribution in [0.5, 0.6) is 0 Å². The third kappa shape index (κ3) is 5.48. The van der Waals surface area contributed by atoms with Gasteiger partial charge in [-0.1, -0.05) is 122 Å². The fourth-order valence-electron chi connectivity index (χ4n) is 9.61. The van der Waals surface area contributed by atoms with Gasteiger partial charge in [0.25, 0.3) is 0 Å². The third-order valence-corrected chi connectivity index (χ3v) is 12.3. The second-order valence-electron chi connectivity index (χ2n) is 16.0. The van der Waals surface area contributed by atoms with E-state index in [1.807, 2.05) is 18.2 Å². The number of hydrogen-bond acceptors (Lipinski definition) is 4. The molecule has 0 unspecified atom stereocenters. The summed E-state index contributed by atoms with van der Waals surface area (Å²) in [6.07, 6.45) is 10.9. The van der Waals surface area contributed by atoms with Crippen LogP contribution in [0.15, 0.2) is 60.7 Å². The van der Waals surface area contributed by atoms with Crippen LogP contribution >= 0.6 is 0 Å². The zero-order valence-electron chi connectivity index (χ0n) is 28.6. The van der Waals surface area contributed by atoms with Gasteiger partial charge in [0.2, 0.25) is 0 Å². The topological polar surface area (TPSA) is 52.6 Å². The monoisotopic (exact) mass is 610 g/mol. The van der Waals surface area contributed by atoms with Gasteiger partial charge in [-0.15, -0.1) is 0 Å². The molecule has 4 heteroatoms. The maximum Gasteiger partial charge on any atom is 0.321 e. The zero-order valence-corrected chi connectivity index (χ0v) is 28.6. The van der Waals surface area contributed by atoms with E-state index in [2.05, 4.69) is 90.9 Å². The lowest BCUT2D eigenvalue weighted by atomic mass is 9.58. The van der Waals surface area contributed by atoms with Gasteiger partial charge in [0.05, 0.1) is 0 Å². The smallest absolute Gasteiger partial charge is 0.321 e. The summed E-state index contributed by atoms with van der Waals surface area (Å²) in [6, 6.07) is 16.7. The molecule has 242 valence electrons. The summed E-state index contributed by atoms with van der Waals surface area (Å²) >= 11 is 0. The molecule has 0 N–H and O–H groups in total. The predicted octanol–water partition coefficient (Wildman–Crippen LogP) is 9.10. The minimum atomic E-state index is -1.03. The number of rotatable bonds is 7. The van der Waals surface area contributed by atoms with Crippen molar-refractivity contribution in [1.82, 2.24) is 0 Å². The fourth-order valence-corrected chi connectivity index (χ4v) is 9.61. The highest BCUT2D eigenvalue weighted by Gasteiger charge is 2.63. The quantitative estimate of drug-likeness (QED) is 0.232. The molecule has 6 rings (SSSR count). The van der Waals surface area contributed by atoms with Crippen LogP contribution in [0.3, 0.4) is 0 Å². The highest BCUT2D eigenvalue weighted by atomic mass is 16.5. The molecule has 0 amide bonds. The van der Waals surface area contributed by atoms with Crippen molar-refractivity contribution < 1.29 is 19.1 Å². The Kier molecular flexibility index (Phi) is 8.82. The largest absolute Gasteiger partial charge is 0.461 e. The number of carbonyl (C=O) groups excluding carboxylic acids is 2. The Labute approximate surface area is 271 Å². The van der Waals surface area contributed by atoms with Gasteiger partial charge < -0.3 is 9.47 Å². The first-order valence-electron chi connectivity index (χ1n) is 17.7. The van der Waals surface area contributed by atoms with Crippen LogP contribution < -0.4 is 0 Å². The number of ether oxygens (including phenoxy) is 2. The predicted molar refractivity (Wildman–Crippen MR) is 180 cm³/mol. The van der Waals surface area contributed by atoms with Crippen molar-refractivity contribution in [3.63, 3.8) is 0 Å². The zero-order chi connectivity index (χ0) is 32.1. The van der Waals surface area contributed by atoms with Crippen LogP contribution in [0.4, 0.5) is 0 Å². The van der Waals surface area contributed by atoms with Gasteiger partial charge in [-0.05, 0) is 89.9 Å². The highest BCUT2D eigenvalue weighted by molar-refractivity contribution is 5.95. The van der Waals surface area contributed by atoms with Gasteiger partial charge in [-0.25, -0.2) is 0 Å². The molecule has 2 aromatic carbocycles. The normalized spacial score (nSPS) is 35.7. The number of esters is 2. The summed E-state index contributed by atoms with van der Waals surface area (Å²) in [7, 11) is 0. The number of benzene rings is 2. The summed E-state index contributed by atoms with van der Waals surface area (Å²) in [5, 5.41) is 0. The minimum absolute atomic E-state index is 0.0705. The van der Waals surface area contributed by atoms with Crippen LogP contribution in [0.2, 0.25) is 0 Å². The van der Waals surface area contributed by atoms with Crippen LogP contribution in [0.1, 0.15) is 115 Å². The molecule has 0 bridgehead atoms. The van der Waals surface area contributed by atoms with Crippen LogP contribution in [-0.2, 0) is 36.3 Å². The second-order valence-corrected chi connectivity index (χ2v) is 16.0. The second kappa shape index (κ2) is 12.4.